The van der Waals surface area contributed by atoms with Gasteiger partial charge in [-0.15, -0.1) is 0 Å². The van der Waals surface area contributed by atoms with Crippen LogP contribution in [0, 0.1) is 23.1 Å². The fourth-order valence-corrected chi connectivity index (χ4v) is 3.59. The molecule has 5 heteroatoms. The molecule has 1 fully saturated rings. The van der Waals surface area contributed by atoms with E-state index in [1.807, 2.05) is 24.3 Å². The summed E-state index contributed by atoms with van der Waals surface area (Å²) in [6.45, 7) is 8.10. The Morgan fingerprint density at radius 2 is 1.96 bits per heavy atom. The van der Waals surface area contributed by atoms with Gasteiger partial charge in [-0.1, -0.05) is 32.0 Å². The van der Waals surface area contributed by atoms with E-state index in [0.29, 0.717) is 17.7 Å². The van der Waals surface area contributed by atoms with Crippen molar-refractivity contribution in [2.75, 3.05) is 24.5 Å². The number of benzene rings is 1. The lowest BCUT2D eigenvalue weighted by atomic mass is 10.0. The summed E-state index contributed by atoms with van der Waals surface area (Å²) >= 11 is 0. The summed E-state index contributed by atoms with van der Waals surface area (Å²) < 4.78 is 13.2. The van der Waals surface area contributed by atoms with E-state index >= 15 is 0 Å². The molecule has 0 saturated carbocycles. The highest BCUT2D eigenvalue weighted by Crippen LogP contribution is 2.23. The molecule has 4 nitrogen and oxygen atoms in total. The topological polar surface area (TPSA) is 43.2 Å². The smallest absolute Gasteiger partial charge is 0.142 e. The molecule has 136 valence electrons. The van der Waals surface area contributed by atoms with Gasteiger partial charge in [-0.05, 0) is 42.2 Å². The molecule has 1 aromatic carbocycles. The Balaban J connectivity index is 1.79. The minimum atomic E-state index is -0.195. The molecule has 2 aromatic rings. The average Bonchev–Trinajstić information content (AvgIpc) is 2.86. The Kier molecular flexibility index (Phi) is 5.85. The van der Waals surface area contributed by atoms with Gasteiger partial charge in [0.2, 0.25) is 0 Å². The van der Waals surface area contributed by atoms with Crippen molar-refractivity contribution >= 4 is 5.82 Å². The van der Waals surface area contributed by atoms with E-state index < -0.39 is 0 Å². The molecular weight excluding hydrogens is 327 g/mol. The Bertz CT molecular complexity index is 766. The summed E-state index contributed by atoms with van der Waals surface area (Å²) in [7, 11) is 0. The largest absolute Gasteiger partial charge is 0.355 e. The number of hydrogen-bond acceptors (Lipinski definition) is 4. The fourth-order valence-electron chi connectivity index (χ4n) is 3.59. The number of nitrogens with zero attached hydrogens (tertiary/aromatic N) is 4. The van der Waals surface area contributed by atoms with Crippen molar-refractivity contribution in [1.82, 2.24) is 9.88 Å². The molecule has 0 aliphatic carbocycles. The van der Waals surface area contributed by atoms with Crippen LogP contribution in [0.1, 0.15) is 31.5 Å². The Morgan fingerprint density at radius 3 is 2.65 bits per heavy atom. The first-order chi connectivity index (χ1) is 12.6. The monoisotopic (exact) mass is 352 g/mol. The number of hydrogen-bond donors (Lipinski definition) is 0. The van der Waals surface area contributed by atoms with Gasteiger partial charge in [-0.25, -0.2) is 9.37 Å². The molecule has 2 heterocycles. The molecule has 1 saturated heterocycles. The number of halogens is 1. The molecule has 0 unspecified atom stereocenters. The van der Waals surface area contributed by atoms with Gasteiger partial charge in [0.1, 0.15) is 23.4 Å². The molecule has 0 bridgehead atoms. The Labute approximate surface area is 154 Å². The van der Waals surface area contributed by atoms with Crippen LogP contribution in [0.3, 0.4) is 0 Å². The van der Waals surface area contributed by atoms with Gasteiger partial charge in [0.15, 0.2) is 0 Å². The van der Waals surface area contributed by atoms with Gasteiger partial charge in [-0.2, -0.15) is 5.26 Å². The standard InChI is InChI=1S/C21H25FN4/c1-16(2)20-15-26(21-6-3-5-19(13-23)24-21)12-4-11-25(20)14-17-7-9-18(22)10-8-17/h3,5-10,16,20H,4,11-12,14-15H2,1-2H3/t20-/m0/s1. The lowest BCUT2D eigenvalue weighted by Gasteiger charge is -2.35. The third-order valence-corrected chi connectivity index (χ3v) is 4.99. The number of anilines is 1. The molecule has 3 rings (SSSR count). The summed E-state index contributed by atoms with van der Waals surface area (Å²) in [4.78, 5) is 9.25. The van der Waals surface area contributed by atoms with E-state index in [9.17, 15) is 4.39 Å². The van der Waals surface area contributed by atoms with Gasteiger partial charge in [0, 0.05) is 32.2 Å². The minimum Gasteiger partial charge on any atom is -0.355 e. The second-order valence-electron chi connectivity index (χ2n) is 7.20. The van der Waals surface area contributed by atoms with Crippen LogP contribution in [0.5, 0.6) is 0 Å². The van der Waals surface area contributed by atoms with E-state index in [1.165, 1.54) is 12.1 Å². The van der Waals surface area contributed by atoms with E-state index in [1.54, 1.807) is 6.07 Å². The molecule has 1 aliphatic heterocycles. The Morgan fingerprint density at radius 1 is 1.19 bits per heavy atom. The predicted molar refractivity (Wildman–Crippen MR) is 101 cm³/mol. The number of aromatic nitrogens is 1. The summed E-state index contributed by atoms with van der Waals surface area (Å²) in [5.41, 5.74) is 1.59. The summed E-state index contributed by atoms with van der Waals surface area (Å²) in [6.07, 6.45) is 1.03. The summed E-state index contributed by atoms with van der Waals surface area (Å²) in [5.74, 6) is 1.16. The van der Waals surface area contributed by atoms with E-state index in [2.05, 4.69) is 34.7 Å². The van der Waals surface area contributed by atoms with Crippen LogP contribution in [0.2, 0.25) is 0 Å². The molecule has 0 spiro atoms. The second-order valence-corrected chi connectivity index (χ2v) is 7.20. The highest BCUT2D eigenvalue weighted by Gasteiger charge is 2.28. The van der Waals surface area contributed by atoms with E-state index in [4.69, 9.17) is 5.26 Å². The summed E-state index contributed by atoms with van der Waals surface area (Å²) in [6, 6.07) is 14.9. The number of pyridine rings is 1. The second kappa shape index (κ2) is 8.29. The average molecular weight is 352 g/mol. The molecule has 1 aliphatic rings. The van der Waals surface area contributed by atoms with Crippen LogP contribution in [0.15, 0.2) is 42.5 Å². The molecule has 26 heavy (non-hydrogen) atoms. The van der Waals surface area contributed by atoms with Gasteiger partial charge in [0.25, 0.3) is 0 Å². The first-order valence-electron chi connectivity index (χ1n) is 9.17. The highest BCUT2D eigenvalue weighted by atomic mass is 19.1. The van der Waals surface area contributed by atoms with Crippen LogP contribution < -0.4 is 4.90 Å². The quantitative estimate of drug-likeness (QED) is 0.839. The van der Waals surface area contributed by atoms with Gasteiger partial charge in [0.05, 0.1) is 0 Å². The van der Waals surface area contributed by atoms with E-state index in [0.717, 1.165) is 44.0 Å². The molecule has 1 atom stereocenters. The zero-order chi connectivity index (χ0) is 18.5. The summed E-state index contributed by atoms with van der Waals surface area (Å²) in [5, 5.41) is 9.12. The van der Waals surface area contributed by atoms with Crippen molar-refractivity contribution in [2.24, 2.45) is 5.92 Å². The molecular formula is C21H25FN4. The molecule has 0 amide bonds. The minimum absolute atomic E-state index is 0.195. The predicted octanol–water partition coefficient (Wildman–Crippen LogP) is 3.83. The molecule has 0 N–H and O–H groups in total. The normalized spacial score (nSPS) is 18.6. The third kappa shape index (κ3) is 4.39. The SMILES string of the molecule is CC(C)[C@@H]1CN(c2cccc(C#N)n2)CCCN1Cc1ccc(F)cc1. The highest BCUT2D eigenvalue weighted by molar-refractivity contribution is 5.42. The van der Waals surface area contributed by atoms with Crippen molar-refractivity contribution in [3.8, 4) is 6.07 Å². The van der Waals surface area contributed by atoms with Crippen LogP contribution in [-0.2, 0) is 6.54 Å². The number of nitriles is 1. The zero-order valence-electron chi connectivity index (χ0n) is 15.4. The lowest BCUT2D eigenvalue weighted by Crippen LogP contribution is -2.44. The van der Waals surface area contributed by atoms with Crippen LogP contribution in [0.25, 0.3) is 0 Å². The molecule has 1 aromatic heterocycles. The van der Waals surface area contributed by atoms with Gasteiger partial charge in [-0.3, -0.25) is 4.90 Å². The lowest BCUT2D eigenvalue weighted by molar-refractivity contribution is 0.161. The molecule has 0 radical (unpaired) electrons. The Hall–Kier alpha value is -2.45. The van der Waals surface area contributed by atoms with Crippen LogP contribution in [-0.4, -0.2) is 35.6 Å². The van der Waals surface area contributed by atoms with E-state index in [-0.39, 0.29) is 5.82 Å². The maximum atomic E-state index is 13.2. The van der Waals surface area contributed by atoms with Gasteiger partial charge >= 0.3 is 0 Å². The zero-order valence-corrected chi connectivity index (χ0v) is 15.4. The fraction of sp³-hybridized carbons (Fsp3) is 0.429. The van der Waals surface area contributed by atoms with Gasteiger partial charge < -0.3 is 4.90 Å². The number of rotatable bonds is 4. The van der Waals surface area contributed by atoms with Crippen molar-refractivity contribution in [1.29, 1.82) is 5.26 Å². The maximum Gasteiger partial charge on any atom is 0.142 e. The third-order valence-electron chi connectivity index (χ3n) is 4.99. The van der Waals surface area contributed by atoms with Crippen LogP contribution >= 0.6 is 0 Å². The first-order valence-corrected chi connectivity index (χ1v) is 9.17. The van der Waals surface area contributed by atoms with Crippen molar-refractivity contribution in [2.45, 2.75) is 32.9 Å². The van der Waals surface area contributed by atoms with Crippen molar-refractivity contribution in [3.05, 3.63) is 59.5 Å². The van der Waals surface area contributed by atoms with Crippen molar-refractivity contribution < 1.29 is 4.39 Å². The van der Waals surface area contributed by atoms with Crippen LogP contribution in [0.4, 0.5) is 10.2 Å². The maximum absolute atomic E-state index is 13.2. The first kappa shape index (κ1) is 18.3. The van der Waals surface area contributed by atoms with Crippen molar-refractivity contribution in [3.63, 3.8) is 0 Å².